The molecule has 1 aliphatic heterocycles. The summed E-state index contributed by atoms with van der Waals surface area (Å²) in [6.45, 7) is 9.35. The Labute approximate surface area is 173 Å². The highest BCUT2D eigenvalue weighted by atomic mass is 16.2. The molecule has 3 rings (SSSR count). The highest BCUT2D eigenvalue weighted by molar-refractivity contribution is 6.05. The molecule has 5 heteroatoms. The molecule has 1 aromatic heterocycles. The van der Waals surface area contributed by atoms with Gasteiger partial charge in [-0.3, -0.25) is 14.6 Å². The third kappa shape index (κ3) is 5.03. The maximum absolute atomic E-state index is 13.0. The lowest BCUT2D eigenvalue weighted by Crippen LogP contribution is -2.43. The van der Waals surface area contributed by atoms with Crippen molar-refractivity contribution in [3.05, 3.63) is 59.4 Å². The van der Waals surface area contributed by atoms with Crippen LogP contribution < -0.4 is 5.32 Å². The van der Waals surface area contributed by atoms with Gasteiger partial charge in [0, 0.05) is 30.7 Å². The Kier molecular flexibility index (Phi) is 6.36. The van der Waals surface area contributed by atoms with Crippen molar-refractivity contribution in [3.63, 3.8) is 0 Å². The molecule has 154 valence electrons. The Bertz CT molecular complexity index is 868. The summed E-state index contributed by atoms with van der Waals surface area (Å²) in [5.74, 6) is -0.297. The van der Waals surface area contributed by atoms with Crippen LogP contribution in [0.2, 0.25) is 0 Å². The molecule has 1 fully saturated rings. The number of aromatic nitrogens is 1. The van der Waals surface area contributed by atoms with Crippen LogP contribution in [0.5, 0.6) is 0 Å². The van der Waals surface area contributed by atoms with Crippen LogP contribution in [-0.4, -0.2) is 34.3 Å². The Balaban J connectivity index is 1.73. The number of nitrogens with one attached hydrogen (secondary N) is 1. The summed E-state index contributed by atoms with van der Waals surface area (Å²) in [7, 11) is 0. The summed E-state index contributed by atoms with van der Waals surface area (Å²) in [5, 5.41) is 2.90. The molecule has 1 aliphatic rings. The van der Waals surface area contributed by atoms with Gasteiger partial charge in [0.1, 0.15) is 0 Å². The van der Waals surface area contributed by atoms with E-state index >= 15 is 0 Å². The predicted molar refractivity (Wildman–Crippen MR) is 116 cm³/mol. The number of amides is 2. The number of carbonyl (C=O) groups is 2. The Morgan fingerprint density at radius 1 is 1.10 bits per heavy atom. The van der Waals surface area contributed by atoms with Crippen molar-refractivity contribution in [2.24, 2.45) is 0 Å². The number of anilines is 1. The molecule has 1 aromatic carbocycles. The van der Waals surface area contributed by atoms with Gasteiger partial charge < -0.3 is 10.2 Å². The number of piperidine rings is 1. The van der Waals surface area contributed by atoms with Crippen molar-refractivity contribution in [2.75, 3.05) is 11.9 Å². The molecule has 5 nitrogen and oxygen atoms in total. The molecule has 29 heavy (non-hydrogen) atoms. The molecule has 0 bridgehead atoms. The van der Waals surface area contributed by atoms with Crippen molar-refractivity contribution in [1.82, 2.24) is 9.88 Å². The van der Waals surface area contributed by atoms with Gasteiger partial charge in [-0.15, -0.1) is 0 Å². The number of carbonyl (C=O) groups excluding carboxylic acids is 2. The fourth-order valence-corrected chi connectivity index (χ4v) is 3.80. The van der Waals surface area contributed by atoms with Crippen LogP contribution in [0.25, 0.3) is 0 Å². The number of nitrogens with zero attached hydrogens (tertiary/aromatic N) is 2. The van der Waals surface area contributed by atoms with Crippen LogP contribution in [-0.2, 0) is 5.41 Å². The molecular formula is C24H31N3O2. The van der Waals surface area contributed by atoms with Gasteiger partial charge >= 0.3 is 0 Å². The molecule has 1 unspecified atom stereocenters. The van der Waals surface area contributed by atoms with Crippen molar-refractivity contribution >= 4 is 17.5 Å². The lowest BCUT2D eigenvalue weighted by atomic mass is 9.87. The number of benzene rings is 1. The van der Waals surface area contributed by atoms with Gasteiger partial charge in [-0.05, 0) is 54.9 Å². The number of rotatable bonds is 4. The second-order valence-corrected chi connectivity index (χ2v) is 8.80. The zero-order valence-corrected chi connectivity index (χ0v) is 17.9. The number of likely N-dealkylation sites (tertiary alicyclic amines) is 1. The molecule has 2 amide bonds. The van der Waals surface area contributed by atoms with Gasteiger partial charge in [-0.2, -0.15) is 0 Å². The van der Waals surface area contributed by atoms with Crippen LogP contribution in [0.4, 0.5) is 5.69 Å². The molecule has 2 heterocycles. The van der Waals surface area contributed by atoms with Crippen LogP contribution in [0.3, 0.4) is 0 Å². The third-order valence-corrected chi connectivity index (χ3v) is 5.62. The fourth-order valence-electron chi connectivity index (χ4n) is 3.80. The van der Waals surface area contributed by atoms with E-state index in [2.05, 4.69) is 38.0 Å². The first-order valence-corrected chi connectivity index (χ1v) is 10.5. The Morgan fingerprint density at radius 3 is 2.45 bits per heavy atom. The molecule has 0 aliphatic carbocycles. The second kappa shape index (κ2) is 8.76. The summed E-state index contributed by atoms with van der Waals surface area (Å²) in [4.78, 5) is 31.8. The van der Waals surface area contributed by atoms with Gasteiger partial charge in [0.05, 0.1) is 11.1 Å². The minimum absolute atomic E-state index is 0.0340. The highest BCUT2D eigenvalue weighted by Crippen LogP contribution is 2.24. The first kappa shape index (κ1) is 21.0. The maximum Gasteiger partial charge on any atom is 0.257 e. The predicted octanol–water partition coefficient (Wildman–Crippen LogP) is 5.04. The van der Waals surface area contributed by atoms with E-state index in [4.69, 9.17) is 0 Å². The molecular weight excluding hydrogens is 362 g/mol. The zero-order valence-electron chi connectivity index (χ0n) is 17.9. The lowest BCUT2D eigenvalue weighted by molar-refractivity contribution is 0.0607. The van der Waals surface area contributed by atoms with E-state index in [1.54, 1.807) is 12.3 Å². The standard InChI is InChI=1S/C24H31N3O2/c1-5-21-8-6-7-13-27(21)23(29)18-14-17(15-25-16-18)22(28)26-20-11-9-19(10-12-20)24(2,3)4/h9-12,14-16,21H,5-8,13H2,1-4H3,(H,26,28). The topological polar surface area (TPSA) is 62.3 Å². The SMILES string of the molecule is CCC1CCCCN1C(=O)c1cncc(C(=O)Nc2ccc(C(C)(C)C)cc2)c1. The average molecular weight is 394 g/mol. The van der Waals surface area contributed by atoms with E-state index in [9.17, 15) is 9.59 Å². The van der Waals surface area contributed by atoms with Crippen LogP contribution in [0.1, 0.15) is 79.7 Å². The molecule has 1 saturated heterocycles. The van der Waals surface area contributed by atoms with Crippen molar-refractivity contribution in [1.29, 1.82) is 0 Å². The summed E-state index contributed by atoms with van der Waals surface area (Å²) in [6.07, 6.45) is 7.24. The monoisotopic (exact) mass is 393 g/mol. The summed E-state index contributed by atoms with van der Waals surface area (Å²) >= 11 is 0. The van der Waals surface area contributed by atoms with Crippen molar-refractivity contribution < 1.29 is 9.59 Å². The van der Waals surface area contributed by atoms with E-state index in [1.807, 2.05) is 29.2 Å². The average Bonchev–Trinajstić information content (AvgIpc) is 2.73. The van der Waals surface area contributed by atoms with Gasteiger partial charge in [-0.25, -0.2) is 0 Å². The van der Waals surface area contributed by atoms with Crippen LogP contribution >= 0.6 is 0 Å². The largest absolute Gasteiger partial charge is 0.336 e. The fraction of sp³-hybridized carbons (Fsp3) is 0.458. The van der Waals surface area contributed by atoms with Gasteiger partial charge in [0.15, 0.2) is 0 Å². The molecule has 1 atom stereocenters. The van der Waals surface area contributed by atoms with Crippen molar-refractivity contribution in [2.45, 2.75) is 64.8 Å². The summed E-state index contributed by atoms with van der Waals surface area (Å²) < 4.78 is 0. The van der Waals surface area contributed by atoms with E-state index in [0.29, 0.717) is 11.1 Å². The molecule has 0 radical (unpaired) electrons. The molecule has 1 N–H and O–H groups in total. The minimum atomic E-state index is -0.263. The van der Waals surface area contributed by atoms with Crippen molar-refractivity contribution in [3.8, 4) is 0 Å². The van der Waals surface area contributed by atoms with E-state index in [-0.39, 0.29) is 23.3 Å². The molecule has 2 aromatic rings. The third-order valence-electron chi connectivity index (χ3n) is 5.62. The van der Waals surface area contributed by atoms with Gasteiger partial charge in [-0.1, -0.05) is 39.8 Å². The maximum atomic E-state index is 13.0. The van der Waals surface area contributed by atoms with Gasteiger partial charge in [0.25, 0.3) is 11.8 Å². The summed E-state index contributed by atoms with van der Waals surface area (Å²) in [5.41, 5.74) is 2.85. The highest BCUT2D eigenvalue weighted by Gasteiger charge is 2.26. The van der Waals surface area contributed by atoms with E-state index in [1.165, 1.54) is 11.8 Å². The first-order chi connectivity index (χ1) is 13.8. The quantitative estimate of drug-likeness (QED) is 0.792. The number of hydrogen-bond acceptors (Lipinski definition) is 3. The van der Waals surface area contributed by atoms with Crippen LogP contribution in [0.15, 0.2) is 42.7 Å². The van der Waals surface area contributed by atoms with Gasteiger partial charge in [0.2, 0.25) is 0 Å². The summed E-state index contributed by atoms with van der Waals surface area (Å²) in [6, 6.07) is 9.77. The lowest BCUT2D eigenvalue weighted by Gasteiger charge is -2.35. The molecule has 0 saturated carbocycles. The first-order valence-electron chi connectivity index (χ1n) is 10.5. The normalized spacial score (nSPS) is 17.1. The smallest absolute Gasteiger partial charge is 0.257 e. The van der Waals surface area contributed by atoms with E-state index < -0.39 is 0 Å². The second-order valence-electron chi connectivity index (χ2n) is 8.80. The van der Waals surface area contributed by atoms with Crippen LogP contribution in [0, 0.1) is 0 Å². The number of pyridine rings is 1. The van der Waals surface area contributed by atoms with E-state index in [0.717, 1.165) is 37.9 Å². The minimum Gasteiger partial charge on any atom is -0.336 e. The zero-order chi connectivity index (χ0) is 21.0. The Hall–Kier alpha value is -2.69. The molecule has 0 spiro atoms. The number of hydrogen-bond donors (Lipinski definition) is 1. The Morgan fingerprint density at radius 2 is 1.79 bits per heavy atom.